The Kier molecular flexibility index (Phi) is 13.4. The maximum absolute atomic E-state index is 16.1. The van der Waals surface area contributed by atoms with Crippen LogP contribution in [0, 0.1) is 36.3 Å². The fraction of sp³-hybridized carbons (Fsp3) is 0.482. The van der Waals surface area contributed by atoms with Gasteiger partial charge in [0.1, 0.15) is 23.3 Å². The lowest BCUT2D eigenvalue weighted by molar-refractivity contribution is -0.133. The summed E-state index contributed by atoms with van der Waals surface area (Å²) in [7, 11) is 2.02. The fourth-order valence-electron chi connectivity index (χ4n) is 12.5. The Labute approximate surface area is 403 Å². The summed E-state index contributed by atoms with van der Waals surface area (Å²) in [5.74, 6) is 0.552. The third-order valence-electron chi connectivity index (χ3n) is 16.4. The van der Waals surface area contributed by atoms with Gasteiger partial charge in [0.2, 0.25) is 11.8 Å². The van der Waals surface area contributed by atoms with E-state index < -0.39 is 6.04 Å². The molecule has 0 bridgehead atoms. The van der Waals surface area contributed by atoms with Crippen LogP contribution in [0.4, 0.5) is 20.2 Å². The molecule has 3 aliphatic heterocycles. The van der Waals surface area contributed by atoms with Crippen LogP contribution in [-0.2, 0) is 23.1 Å². The lowest BCUT2D eigenvalue weighted by Gasteiger charge is -2.32. The Bertz CT molecular complexity index is 2870. The third-order valence-corrected chi connectivity index (χ3v) is 16.4. The van der Waals surface area contributed by atoms with Crippen molar-refractivity contribution in [1.82, 2.24) is 24.3 Å². The molecule has 6 heterocycles. The maximum atomic E-state index is 16.1. The van der Waals surface area contributed by atoms with Gasteiger partial charge in [-0.1, -0.05) is 37.8 Å². The van der Waals surface area contributed by atoms with Crippen molar-refractivity contribution in [3.05, 3.63) is 123 Å². The average molecular weight is 938 g/mol. The number of halogens is 2. The summed E-state index contributed by atoms with van der Waals surface area (Å²) in [4.78, 5) is 58.0. The molecule has 3 aromatic heterocycles. The quantitative estimate of drug-likeness (QED) is 0.0641. The number of aromatic nitrogens is 3. The highest BCUT2D eigenvalue weighted by Crippen LogP contribution is 2.42. The summed E-state index contributed by atoms with van der Waals surface area (Å²) >= 11 is 0. The molecule has 11 nitrogen and oxygen atoms in total. The standard InChI is InChI=1S/C56H65F2N7O4/c1-33-27-40(51(66)29-37-9-7-36(8-10-37)28-35-5-4-6-38(12-11-35)42-14-13-41(31-45(42)57)61-48-15-16-52(67)62-55(48)68)30-46(58)53(33)39-19-24-64(25-20-39)34(2)50-32-44-49(18-23-60-54(44)63(50)3)65-26-21-47-43(56(65)69)17-22-59-47/h13-14,18-19,21,23,26-27,30-32,34-38,48,59,61H,4-12,15-17,20,22,24-25,28-29H2,1-3H3,(H,62,67,68)/t34?,35?,36?,37?,38?,48-/m0/s1. The monoisotopic (exact) mass is 938 g/mol. The van der Waals surface area contributed by atoms with E-state index in [1.165, 1.54) is 18.6 Å². The second-order valence-corrected chi connectivity index (χ2v) is 20.8. The van der Waals surface area contributed by atoms with Gasteiger partial charge in [0.25, 0.3) is 5.56 Å². The van der Waals surface area contributed by atoms with Crippen molar-refractivity contribution in [2.45, 2.75) is 128 Å². The van der Waals surface area contributed by atoms with Crippen molar-refractivity contribution in [3.63, 3.8) is 0 Å². The molecule has 5 aliphatic rings. The first-order valence-electron chi connectivity index (χ1n) is 25.5. The van der Waals surface area contributed by atoms with Gasteiger partial charge in [-0.25, -0.2) is 13.8 Å². The number of imide groups is 1. The number of amides is 2. The Morgan fingerprint density at radius 1 is 0.884 bits per heavy atom. The minimum absolute atomic E-state index is 0.000151. The van der Waals surface area contributed by atoms with E-state index >= 15 is 8.78 Å². The van der Waals surface area contributed by atoms with E-state index in [9.17, 15) is 19.2 Å². The smallest absolute Gasteiger partial charge is 0.260 e. The van der Waals surface area contributed by atoms with Gasteiger partial charge in [-0.3, -0.25) is 34.0 Å². The average Bonchev–Trinajstić information content (AvgIpc) is 3.89. The molecule has 0 radical (unpaired) electrons. The van der Waals surface area contributed by atoms with Crippen LogP contribution in [0.3, 0.4) is 0 Å². The van der Waals surface area contributed by atoms with E-state index in [-0.39, 0.29) is 53.2 Å². The zero-order valence-corrected chi connectivity index (χ0v) is 40.2. The number of rotatable bonds is 12. The summed E-state index contributed by atoms with van der Waals surface area (Å²) in [5, 5.41) is 9.66. The van der Waals surface area contributed by atoms with Gasteiger partial charge in [0.15, 0.2) is 5.78 Å². The van der Waals surface area contributed by atoms with Gasteiger partial charge in [-0.2, -0.15) is 0 Å². The maximum Gasteiger partial charge on any atom is 0.260 e. The molecular weight excluding hydrogens is 873 g/mol. The molecular formula is C56H65F2N7O4. The zero-order chi connectivity index (χ0) is 47.9. The number of hydrogen-bond acceptors (Lipinski definition) is 8. The first kappa shape index (κ1) is 46.8. The van der Waals surface area contributed by atoms with Crippen LogP contribution in [0.2, 0.25) is 0 Å². The Morgan fingerprint density at radius 2 is 1.68 bits per heavy atom. The van der Waals surface area contributed by atoms with Crippen molar-refractivity contribution in [1.29, 1.82) is 0 Å². The van der Waals surface area contributed by atoms with Gasteiger partial charge in [0.05, 0.1) is 5.69 Å². The van der Waals surface area contributed by atoms with Crippen LogP contribution in [0.15, 0.2) is 71.8 Å². The zero-order valence-electron chi connectivity index (χ0n) is 40.2. The number of Topliss-reactive ketones (excluding diaryl/α,β-unsaturated/α-hetero) is 1. The fourth-order valence-corrected chi connectivity index (χ4v) is 12.5. The molecule has 2 aliphatic carbocycles. The Morgan fingerprint density at radius 3 is 2.45 bits per heavy atom. The van der Waals surface area contributed by atoms with Gasteiger partial charge in [-0.15, -0.1) is 0 Å². The predicted octanol–water partition coefficient (Wildman–Crippen LogP) is 10.5. The molecule has 2 saturated carbocycles. The third kappa shape index (κ3) is 9.68. The number of ketones is 1. The molecule has 13 heteroatoms. The highest BCUT2D eigenvalue weighted by molar-refractivity contribution is 6.01. The highest BCUT2D eigenvalue weighted by Gasteiger charge is 2.31. The molecule has 2 aromatic carbocycles. The lowest BCUT2D eigenvalue weighted by Crippen LogP contribution is -2.47. The van der Waals surface area contributed by atoms with Crippen LogP contribution >= 0.6 is 0 Å². The Hall–Kier alpha value is -5.95. The van der Waals surface area contributed by atoms with Crippen LogP contribution < -0.4 is 21.5 Å². The molecule has 69 heavy (non-hydrogen) atoms. The van der Waals surface area contributed by atoms with Gasteiger partial charge < -0.3 is 15.2 Å². The van der Waals surface area contributed by atoms with Crippen LogP contribution in [0.5, 0.6) is 0 Å². The molecule has 3 fully saturated rings. The predicted molar refractivity (Wildman–Crippen MR) is 267 cm³/mol. The summed E-state index contributed by atoms with van der Waals surface area (Å²) in [6, 6.07) is 14.1. The molecule has 1 saturated heterocycles. The topological polar surface area (TPSA) is 130 Å². The number of carbonyl (C=O) groups excluding carboxylic acids is 3. The largest absolute Gasteiger partial charge is 0.384 e. The molecule has 2 amide bonds. The van der Waals surface area contributed by atoms with Gasteiger partial charge in [0, 0.05) is 97.1 Å². The summed E-state index contributed by atoms with van der Waals surface area (Å²) in [6.45, 7) is 6.29. The van der Waals surface area contributed by atoms with E-state index in [1.54, 1.807) is 10.8 Å². The first-order valence-corrected chi connectivity index (χ1v) is 25.5. The van der Waals surface area contributed by atoms with Crippen molar-refractivity contribution >= 4 is 45.6 Å². The number of fused-ring (bicyclic) bond motifs is 2. The number of nitrogens with one attached hydrogen (secondary N) is 3. The number of piperidine rings is 1. The van der Waals surface area contributed by atoms with Gasteiger partial charge in [-0.05, 0) is 154 Å². The summed E-state index contributed by atoms with van der Waals surface area (Å²) in [6.07, 6.45) is 18.9. The first-order chi connectivity index (χ1) is 33.4. The Balaban J connectivity index is 0.704. The molecule has 5 aromatic rings. The van der Waals surface area contributed by atoms with E-state index in [4.69, 9.17) is 4.98 Å². The number of pyridine rings is 2. The van der Waals surface area contributed by atoms with Gasteiger partial charge >= 0.3 is 0 Å². The number of nitrogens with zero attached hydrogens (tertiary/aromatic N) is 4. The number of hydrogen-bond donors (Lipinski definition) is 3. The van der Waals surface area contributed by atoms with Crippen LogP contribution in [0.25, 0.3) is 22.3 Å². The second kappa shape index (κ2) is 19.8. The number of benzene rings is 2. The number of aryl methyl sites for hydroxylation is 2. The SMILES string of the molecule is Cc1cc(C(=O)CC2CCC(CC3CCCC(c4ccc(N[C@H]5CCC(=O)NC5=O)cc4F)CC3)CC2)cc(F)c1C1=CCN(C(C)c2cc3c(-n4ccc5c(c4=O)CCN5)ccnc3n2C)CC1. The minimum Gasteiger partial charge on any atom is -0.384 e. The van der Waals surface area contributed by atoms with E-state index in [1.807, 2.05) is 50.5 Å². The molecule has 3 N–H and O–H groups in total. The lowest BCUT2D eigenvalue weighted by atomic mass is 9.75. The summed E-state index contributed by atoms with van der Waals surface area (Å²) in [5.41, 5.74) is 8.61. The molecule has 4 atom stereocenters. The molecule has 0 spiro atoms. The highest BCUT2D eigenvalue weighted by atomic mass is 19.1. The van der Waals surface area contributed by atoms with E-state index in [2.05, 4.69) is 44.5 Å². The normalized spacial score (nSPS) is 23.7. The van der Waals surface area contributed by atoms with Crippen molar-refractivity contribution in [2.24, 2.45) is 24.8 Å². The summed E-state index contributed by atoms with van der Waals surface area (Å²) < 4.78 is 35.4. The van der Waals surface area contributed by atoms with Crippen molar-refractivity contribution in [3.8, 4) is 5.69 Å². The van der Waals surface area contributed by atoms with Crippen molar-refractivity contribution < 1.29 is 23.2 Å². The second-order valence-electron chi connectivity index (χ2n) is 20.8. The van der Waals surface area contributed by atoms with Crippen LogP contribution in [-0.4, -0.2) is 62.3 Å². The molecule has 3 unspecified atom stereocenters. The van der Waals surface area contributed by atoms with E-state index in [0.29, 0.717) is 66.8 Å². The molecule has 10 rings (SSSR count). The van der Waals surface area contributed by atoms with E-state index in [0.717, 1.165) is 121 Å². The molecule has 362 valence electrons. The number of carbonyl (C=O) groups is 3. The minimum atomic E-state index is -0.544. The number of anilines is 2. The van der Waals surface area contributed by atoms with Crippen molar-refractivity contribution in [2.75, 3.05) is 30.3 Å². The van der Waals surface area contributed by atoms with Crippen LogP contribution in [0.1, 0.15) is 147 Å².